The fourth-order valence-electron chi connectivity index (χ4n) is 1.95. The van der Waals surface area contributed by atoms with Crippen LogP contribution < -0.4 is 14.8 Å². The van der Waals surface area contributed by atoms with E-state index in [9.17, 15) is 19.5 Å². The summed E-state index contributed by atoms with van der Waals surface area (Å²) < 4.78 is 10.9. The van der Waals surface area contributed by atoms with Gasteiger partial charge in [0.05, 0.1) is 23.4 Å². The highest BCUT2D eigenvalue weighted by Gasteiger charge is 2.28. The van der Waals surface area contributed by atoms with E-state index in [4.69, 9.17) is 14.6 Å². The molecule has 0 saturated carbocycles. The van der Waals surface area contributed by atoms with Crippen molar-refractivity contribution in [2.24, 2.45) is 10.8 Å². The summed E-state index contributed by atoms with van der Waals surface area (Å²) in [5.41, 5.74) is -1.10. The Bertz CT molecular complexity index is 744. The number of aliphatic hydroxyl groups excluding tert-OH is 1. The zero-order valence-corrected chi connectivity index (χ0v) is 17.9. The number of rotatable bonds is 8. The fourth-order valence-corrected chi connectivity index (χ4v) is 1.95. The van der Waals surface area contributed by atoms with Gasteiger partial charge in [-0.3, -0.25) is 14.4 Å². The van der Waals surface area contributed by atoms with Crippen LogP contribution in [0.25, 0.3) is 0 Å². The second-order valence-electron chi connectivity index (χ2n) is 8.85. The van der Waals surface area contributed by atoms with Crippen LogP contribution >= 0.6 is 0 Å². The molecule has 8 heteroatoms. The Balaban J connectivity index is 3.06. The molecule has 1 unspecified atom stereocenters. The average Bonchev–Trinajstić information content (AvgIpc) is 2.57. The van der Waals surface area contributed by atoms with Crippen LogP contribution in [0.3, 0.4) is 0 Å². The van der Waals surface area contributed by atoms with Crippen LogP contribution in [-0.2, 0) is 14.4 Å². The van der Waals surface area contributed by atoms with Gasteiger partial charge in [0.25, 0.3) is 0 Å². The lowest BCUT2D eigenvalue weighted by molar-refractivity contribution is -0.145. The molecule has 0 amide bonds. The molecule has 0 spiro atoms. The number of hydrogen-bond acceptors (Lipinski definition) is 7. The van der Waals surface area contributed by atoms with Crippen LogP contribution in [0.15, 0.2) is 18.2 Å². The molecule has 3 N–H and O–H groups in total. The summed E-state index contributed by atoms with van der Waals surface area (Å²) in [5.74, 6) is -1.83. The third-order valence-corrected chi connectivity index (χ3v) is 3.84. The second-order valence-corrected chi connectivity index (χ2v) is 8.85. The van der Waals surface area contributed by atoms with Crippen molar-refractivity contribution in [2.45, 2.75) is 54.1 Å². The lowest BCUT2D eigenvalue weighted by Crippen LogP contribution is -2.28. The first-order valence-corrected chi connectivity index (χ1v) is 9.41. The SMILES string of the molecule is CC(C)(C)C(=O)Oc1ccc(C(O)CNCCC(=O)O)cc1OC(=O)C(C)(C)C. The van der Waals surface area contributed by atoms with E-state index in [1.165, 1.54) is 12.1 Å². The number of hydrogen-bond donors (Lipinski definition) is 3. The van der Waals surface area contributed by atoms with Crippen LogP contribution in [0.4, 0.5) is 0 Å². The van der Waals surface area contributed by atoms with E-state index in [1.807, 2.05) is 0 Å². The third-order valence-electron chi connectivity index (χ3n) is 3.84. The molecule has 0 aromatic heterocycles. The molecule has 1 aromatic carbocycles. The molecule has 0 aliphatic carbocycles. The van der Waals surface area contributed by atoms with Gasteiger partial charge in [-0.2, -0.15) is 0 Å². The summed E-state index contributed by atoms with van der Waals surface area (Å²) in [6.45, 7) is 10.5. The number of aliphatic hydroxyl groups is 1. The quantitative estimate of drug-likeness (QED) is 0.340. The number of nitrogens with one attached hydrogen (secondary N) is 1. The van der Waals surface area contributed by atoms with E-state index < -0.39 is 34.8 Å². The molecular formula is C21H31NO7. The largest absolute Gasteiger partial charge is 0.481 e. The van der Waals surface area contributed by atoms with E-state index in [-0.39, 0.29) is 31.0 Å². The van der Waals surface area contributed by atoms with Gasteiger partial charge in [-0.05, 0) is 59.2 Å². The molecule has 1 rings (SSSR count). The smallest absolute Gasteiger partial charge is 0.316 e. The molecule has 0 aliphatic heterocycles. The number of benzene rings is 1. The van der Waals surface area contributed by atoms with Gasteiger partial charge in [-0.15, -0.1) is 0 Å². The van der Waals surface area contributed by atoms with Gasteiger partial charge in [-0.1, -0.05) is 6.07 Å². The number of carbonyl (C=O) groups is 3. The normalized spacial score (nSPS) is 12.9. The minimum absolute atomic E-state index is 0.0320. The molecule has 0 heterocycles. The van der Waals surface area contributed by atoms with Crippen LogP contribution in [0.1, 0.15) is 59.6 Å². The van der Waals surface area contributed by atoms with Crippen molar-refractivity contribution < 1.29 is 34.1 Å². The zero-order valence-electron chi connectivity index (χ0n) is 17.9. The number of carboxylic acids is 1. The molecule has 29 heavy (non-hydrogen) atoms. The molecule has 8 nitrogen and oxygen atoms in total. The van der Waals surface area contributed by atoms with Crippen LogP contribution in [0.5, 0.6) is 11.5 Å². The highest BCUT2D eigenvalue weighted by atomic mass is 16.6. The highest BCUT2D eigenvalue weighted by molar-refractivity contribution is 5.81. The van der Waals surface area contributed by atoms with Crippen molar-refractivity contribution in [3.8, 4) is 11.5 Å². The van der Waals surface area contributed by atoms with Gasteiger partial charge in [0.1, 0.15) is 0 Å². The minimum atomic E-state index is -0.969. The first-order chi connectivity index (χ1) is 13.2. The summed E-state index contributed by atoms with van der Waals surface area (Å²) in [6.07, 6.45) is -1.04. The zero-order chi connectivity index (χ0) is 22.4. The number of ether oxygens (including phenoxy) is 2. The molecule has 1 aromatic rings. The summed E-state index contributed by atoms with van der Waals surface area (Å²) in [6, 6.07) is 4.46. The standard InChI is InChI=1S/C21H31NO7/c1-20(2,3)18(26)28-15-8-7-13(14(23)12-22-10-9-17(24)25)11-16(15)29-19(27)21(4,5)6/h7-8,11,14,22-23H,9-10,12H2,1-6H3,(H,24,25). The van der Waals surface area contributed by atoms with Crippen molar-refractivity contribution >= 4 is 17.9 Å². The molecule has 0 saturated heterocycles. The molecule has 1 atom stereocenters. The maximum atomic E-state index is 12.3. The van der Waals surface area contributed by atoms with E-state index >= 15 is 0 Å². The summed E-state index contributed by atoms with van der Waals surface area (Å²) in [7, 11) is 0. The molecule has 0 aliphatic rings. The van der Waals surface area contributed by atoms with Crippen molar-refractivity contribution in [1.82, 2.24) is 5.32 Å². The van der Waals surface area contributed by atoms with E-state index in [1.54, 1.807) is 47.6 Å². The van der Waals surface area contributed by atoms with E-state index in [0.29, 0.717) is 5.56 Å². The summed E-state index contributed by atoms with van der Waals surface area (Å²) >= 11 is 0. The number of esters is 2. The minimum Gasteiger partial charge on any atom is -0.481 e. The molecular weight excluding hydrogens is 378 g/mol. The third kappa shape index (κ3) is 8.21. The van der Waals surface area contributed by atoms with Gasteiger partial charge in [-0.25, -0.2) is 0 Å². The average molecular weight is 409 g/mol. The maximum absolute atomic E-state index is 12.3. The predicted octanol–water partition coefficient (Wildman–Crippen LogP) is 2.69. The Kier molecular flexibility index (Phi) is 8.35. The maximum Gasteiger partial charge on any atom is 0.316 e. The van der Waals surface area contributed by atoms with Crippen molar-refractivity contribution in [2.75, 3.05) is 13.1 Å². The number of carbonyl (C=O) groups excluding carboxylic acids is 2. The monoisotopic (exact) mass is 409 g/mol. The first-order valence-electron chi connectivity index (χ1n) is 9.41. The molecule has 162 valence electrons. The Hall–Kier alpha value is -2.45. The molecule has 0 radical (unpaired) electrons. The van der Waals surface area contributed by atoms with Gasteiger partial charge in [0.2, 0.25) is 0 Å². The topological polar surface area (TPSA) is 122 Å². The van der Waals surface area contributed by atoms with Crippen LogP contribution in [0.2, 0.25) is 0 Å². The van der Waals surface area contributed by atoms with Gasteiger partial charge in [0.15, 0.2) is 11.5 Å². The highest BCUT2D eigenvalue weighted by Crippen LogP contribution is 2.34. The lowest BCUT2D eigenvalue weighted by Gasteiger charge is -2.21. The number of carboxylic acid groups (broad SMARTS) is 1. The second kappa shape index (κ2) is 9.84. The van der Waals surface area contributed by atoms with Crippen molar-refractivity contribution in [1.29, 1.82) is 0 Å². The first kappa shape index (κ1) is 24.6. The summed E-state index contributed by atoms with van der Waals surface area (Å²) in [5, 5.41) is 21.8. The van der Waals surface area contributed by atoms with Gasteiger partial charge >= 0.3 is 17.9 Å². The van der Waals surface area contributed by atoms with Gasteiger partial charge in [0, 0.05) is 13.1 Å². The molecule has 0 bridgehead atoms. The Morgan fingerprint density at radius 3 is 1.97 bits per heavy atom. The Morgan fingerprint density at radius 2 is 1.48 bits per heavy atom. The fraction of sp³-hybridized carbons (Fsp3) is 0.571. The molecule has 0 fully saturated rings. The Morgan fingerprint density at radius 1 is 0.966 bits per heavy atom. The van der Waals surface area contributed by atoms with Crippen LogP contribution in [0, 0.1) is 10.8 Å². The summed E-state index contributed by atoms with van der Waals surface area (Å²) in [4.78, 5) is 35.1. The van der Waals surface area contributed by atoms with Gasteiger partial charge < -0.3 is 25.0 Å². The van der Waals surface area contributed by atoms with E-state index in [2.05, 4.69) is 5.32 Å². The lowest BCUT2D eigenvalue weighted by atomic mass is 9.97. The van der Waals surface area contributed by atoms with Crippen molar-refractivity contribution in [3.63, 3.8) is 0 Å². The van der Waals surface area contributed by atoms with Crippen molar-refractivity contribution in [3.05, 3.63) is 23.8 Å². The van der Waals surface area contributed by atoms with Crippen LogP contribution in [-0.4, -0.2) is 41.2 Å². The number of aliphatic carboxylic acids is 1. The van der Waals surface area contributed by atoms with E-state index in [0.717, 1.165) is 0 Å². The predicted molar refractivity (Wildman–Crippen MR) is 107 cm³/mol. The Labute approximate surface area is 171 Å².